The van der Waals surface area contributed by atoms with Crippen LogP contribution < -0.4 is 16.8 Å². The Morgan fingerprint density at radius 1 is 1.19 bits per heavy atom. The van der Waals surface area contributed by atoms with Crippen molar-refractivity contribution >= 4 is 5.91 Å². The number of rotatable bonds is 3. The summed E-state index contributed by atoms with van der Waals surface area (Å²) in [6.45, 7) is 5.15. The Hall–Kier alpha value is -2.97. The van der Waals surface area contributed by atoms with Gasteiger partial charge in [-0.05, 0) is 32.6 Å². The van der Waals surface area contributed by atoms with Crippen LogP contribution in [-0.4, -0.2) is 43.0 Å². The zero-order chi connectivity index (χ0) is 19.7. The van der Waals surface area contributed by atoms with Gasteiger partial charge in [-0.2, -0.15) is 0 Å². The van der Waals surface area contributed by atoms with Crippen molar-refractivity contribution in [3.05, 3.63) is 60.5 Å². The molecular weight excluding hydrogens is 350 g/mol. The Balaban J connectivity index is 1.67. The van der Waals surface area contributed by atoms with E-state index in [0.29, 0.717) is 25.2 Å². The number of aromatic amines is 1. The second-order valence-corrected chi connectivity index (χ2v) is 7.02. The number of aryl methyl sites for hydroxylation is 1. The third-order valence-electron chi connectivity index (χ3n) is 5.28. The maximum Gasteiger partial charge on any atom is 0.328 e. The van der Waals surface area contributed by atoms with Crippen molar-refractivity contribution in [1.29, 1.82) is 0 Å². The fourth-order valence-electron chi connectivity index (χ4n) is 3.29. The number of hydrogen-bond donors (Lipinski definition) is 1. The first-order valence-electron chi connectivity index (χ1n) is 8.90. The van der Waals surface area contributed by atoms with Crippen LogP contribution in [0.5, 0.6) is 0 Å². The monoisotopic (exact) mass is 373 g/mol. The lowest BCUT2D eigenvalue weighted by Gasteiger charge is -2.32. The minimum absolute atomic E-state index is 0.0299. The molecule has 144 valence electrons. The summed E-state index contributed by atoms with van der Waals surface area (Å²) in [7, 11) is 1.33. The van der Waals surface area contributed by atoms with Crippen LogP contribution in [-0.2, 0) is 13.6 Å². The average molecular weight is 373 g/mol. The van der Waals surface area contributed by atoms with E-state index in [1.54, 1.807) is 22.7 Å². The number of carbonyl (C=O) groups is 1. The quantitative estimate of drug-likeness (QED) is 0.801. The summed E-state index contributed by atoms with van der Waals surface area (Å²) in [5, 5.41) is 0. The Kier molecular flexibility index (Phi) is 5.11. The molecule has 1 amide bonds. The van der Waals surface area contributed by atoms with Crippen LogP contribution in [0.4, 0.5) is 0 Å². The topological polar surface area (TPSA) is 110 Å². The highest BCUT2D eigenvalue weighted by Crippen LogP contribution is 2.19. The summed E-state index contributed by atoms with van der Waals surface area (Å²) in [4.78, 5) is 56.7. The van der Waals surface area contributed by atoms with Gasteiger partial charge in [-0.15, -0.1) is 0 Å². The Morgan fingerprint density at radius 2 is 1.85 bits per heavy atom. The molecule has 3 heterocycles. The summed E-state index contributed by atoms with van der Waals surface area (Å²) in [6.07, 6.45) is 4.22. The van der Waals surface area contributed by atoms with E-state index in [9.17, 15) is 19.2 Å². The van der Waals surface area contributed by atoms with E-state index in [-0.39, 0.29) is 22.9 Å². The van der Waals surface area contributed by atoms with Gasteiger partial charge in [0.2, 0.25) is 0 Å². The summed E-state index contributed by atoms with van der Waals surface area (Å²) in [6, 6.07) is 0. The predicted octanol–water partition coefficient (Wildman–Crippen LogP) is -0.200. The second-order valence-electron chi connectivity index (χ2n) is 7.02. The van der Waals surface area contributed by atoms with E-state index in [1.807, 2.05) is 6.92 Å². The van der Waals surface area contributed by atoms with E-state index >= 15 is 0 Å². The number of nitrogens with one attached hydrogen (secondary N) is 1. The highest BCUT2D eigenvalue weighted by Gasteiger charge is 2.26. The van der Waals surface area contributed by atoms with Gasteiger partial charge in [-0.3, -0.25) is 23.5 Å². The van der Waals surface area contributed by atoms with Crippen LogP contribution in [0.2, 0.25) is 0 Å². The molecule has 9 nitrogen and oxygen atoms in total. The van der Waals surface area contributed by atoms with E-state index in [4.69, 9.17) is 0 Å². The zero-order valence-electron chi connectivity index (χ0n) is 15.7. The summed E-state index contributed by atoms with van der Waals surface area (Å²) < 4.78 is 2.52. The molecule has 2 aromatic heterocycles. The Morgan fingerprint density at radius 3 is 2.52 bits per heavy atom. The van der Waals surface area contributed by atoms with Gasteiger partial charge in [0.25, 0.3) is 17.0 Å². The Labute approximate surface area is 155 Å². The maximum atomic E-state index is 12.6. The minimum atomic E-state index is -0.598. The smallest absolute Gasteiger partial charge is 0.328 e. The second kappa shape index (κ2) is 7.34. The lowest BCUT2D eigenvalue weighted by Crippen LogP contribution is -2.44. The van der Waals surface area contributed by atoms with Crippen molar-refractivity contribution in [2.24, 2.45) is 13.0 Å². The van der Waals surface area contributed by atoms with Gasteiger partial charge in [0.05, 0.1) is 6.33 Å². The number of piperidine rings is 1. The lowest BCUT2D eigenvalue weighted by atomic mass is 9.96. The van der Waals surface area contributed by atoms with E-state index in [1.165, 1.54) is 13.2 Å². The van der Waals surface area contributed by atoms with Crippen LogP contribution in [0, 0.1) is 19.8 Å². The molecule has 1 fully saturated rings. The Bertz CT molecular complexity index is 1040. The van der Waals surface area contributed by atoms with Crippen molar-refractivity contribution < 1.29 is 4.79 Å². The SMILES string of the molecule is Cc1ncn(CC2CCN(C(=O)c3c[nH]c(=O)n(C)c3=O)CC2)c(=O)c1C. The van der Waals surface area contributed by atoms with Crippen molar-refractivity contribution in [3.63, 3.8) is 0 Å². The van der Waals surface area contributed by atoms with Gasteiger partial charge in [-0.1, -0.05) is 0 Å². The average Bonchev–Trinajstić information content (AvgIpc) is 2.67. The van der Waals surface area contributed by atoms with Crippen LogP contribution >= 0.6 is 0 Å². The number of likely N-dealkylation sites (tertiary alicyclic amines) is 1. The van der Waals surface area contributed by atoms with Gasteiger partial charge in [0.15, 0.2) is 0 Å². The molecule has 9 heteroatoms. The van der Waals surface area contributed by atoms with Gasteiger partial charge in [0, 0.05) is 44.1 Å². The molecule has 1 saturated heterocycles. The maximum absolute atomic E-state index is 12.6. The number of carbonyl (C=O) groups excluding carboxylic acids is 1. The van der Waals surface area contributed by atoms with E-state index in [2.05, 4.69) is 9.97 Å². The fraction of sp³-hybridized carbons (Fsp3) is 0.500. The molecule has 1 aliphatic heterocycles. The van der Waals surface area contributed by atoms with Gasteiger partial charge in [0.1, 0.15) is 5.56 Å². The lowest BCUT2D eigenvalue weighted by molar-refractivity contribution is 0.0679. The highest BCUT2D eigenvalue weighted by molar-refractivity contribution is 5.93. The van der Waals surface area contributed by atoms with Crippen LogP contribution in [0.25, 0.3) is 0 Å². The molecule has 0 radical (unpaired) electrons. The first-order chi connectivity index (χ1) is 12.8. The van der Waals surface area contributed by atoms with E-state index < -0.39 is 11.2 Å². The number of amides is 1. The number of nitrogens with zero attached hydrogens (tertiary/aromatic N) is 4. The molecule has 0 aliphatic carbocycles. The minimum Gasteiger partial charge on any atom is -0.338 e. The van der Waals surface area contributed by atoms with Gasteiger partial charge >= 0.3 is 5.69 Å². The first kappa shape index (κ1) is 18.8. The molecule has 0 saturated carbocycles. The number of aromatic nitrogens is 4. The third-order valence-corrected chi connectivity index (χ3v) is 5.28. The van der Waals surface area contributed by atoms with Gasteiger partial charge in [-0.25, -0.2) is 9.78 Å². The van der Waals surface area contributed by atoms with Crippen molar-refractivity contribution in [3.8, 4) is 0 Å². The summed E-state index contributed by atoms with van der Waals surface area (Å²) >= 11 is 0. The molecule has 0 bridgehead atoms. The number of hydrogen-bond acceptors (Lipinski definition) is 5. The van der Waals surface area contributed by atoms with Crippen molar-refractivity contribution in [2.45, 2.75) is 33.2 Å². The standard InChI is InChI=1S/C18H23N5O4/c1-11-12(2)20-10-23(15(11)24)9-13-4-6-22(7-5-13)17(26)14-8-19-18(27)21(3)16(14)25/h8,10,13H,4-7,9H2,1-3H3,(H,19,27). The molecule has 0 aromatic carbocycles. The largest absolute Gasteiger partial charge is 0.338 e. The van der Waals surface area contributed by atoms with E-state index in [0.717, 1.165) is 23.1 Å². The van der Waals surface area contributed by atoms with Crippen LogP contribution in [0.1, 0.15) is 34.5 Å². The first-order valence-corrected chi connectivity index (χ1v) is 8.90. The molecule has 0 atom stereocenters. The molecular formula is C18H23N5O4. The molecule has 1 N–H and O–H groups in total. The van der Waals surface area contributed by atoms with Crippen molar-refractivity contribution in [1.82, 2.24) is 24.0 Å². The summed E-state index contributed by atoms with van der Waals surface area (Å²) in [5.74, 6) is -0.121. The number of H-pyrrole nitrogens is 1. The normalized spacial score (nSPS) is 15.1. The molecule has 3 rings (SSSR count). The molecule has 1 aliphatic rings. The van der Waals surface area contributed by atoms with Gasteiger partial charge < -0.3 is 9.88 Å². The summed E-state index contributed by atoms with van der Waals surface area (Å²) in [5.41, 5.74) is 0.169. The van der Waals surface area contributed by atoms with Crippen molar-refractivity contribution in [2.75, 3.05) is 13.1 Å². The zero-order valence-corrected chi connectivity index (χ0v) is 15.7. The molecule has 0 unspecified atom stereocenters. The fourth-order valence-corrected chi connectivity index (χ4v) is 3.29. The highest BCUT2D eigenvalue weighted by atomic mass is 16.2. The molecule has 0 spiro atoms. The molecule has 2 aromatic rings. The molecule has 27 heavy (non-hydrogen) atoms. The predicted molar refractivity (Wildman–Crippen MR) is 98.9 cm³/mol. The van der Waals surface area contributed by atoms with Crippen LogP contribution in [0.3, 0.4) is 0 Å². The van der Waals surface area contributed by atoms with Crippen LogP contribution in [0.15, 0.2) is 26.9 Å². The third kappa shape index (κ3) is 3.62.